The molecule has 1 fully saturated rings. The van der Waals surface area contributed by atoms with Gasteiger partial charge in [-0.25, -0.2) is 0 Å². The topological polar surface area (TPSA) is 53.0 Å². The van der Waals surface area contributed by atoms with Crippen LogP contribution in [0.15, 0.2) is 42.5 Å². The Morgan fingerprint density at radius 1 is 1.08 bits per heavy atom. The van der Waals surface area contributed by atoms with Crippen LogP contribution in [0.2, 0.25) is 0 Å². The monoisotopic (exact) mass is 326 g/mol. The Bertz CT molecular complexity index is 737. The highest BCUT2D eigenvalue weighted by Crippen LogP contribution is 2.29. The number of carbonyl (C=O) groups excluding carboxylic acids is 1. The van der Waals surface area contributed by atoms with Crippen molar-refractivity contribution in [3.05, 3.63) is 53.6 Å². The van der Waals surface area contributed by atoms with Gasteiger partial charge in [-0.1, -0.05) is 18.2 Å². The van der Waals surface area contributed by atoms with Gasteiger partial charge in [-0.3, -0.25) is 4.79 Å². The third kappa shape index (κ3) is 3.15. The average molecular weight is 326 g/mol. The van der Waals surface area contributed by atoms with Gasteiger partial charge < -0.3 is 19.6 Å². The fourth-order valence-corrected chi connectivity index (χ4v) is 3.03. The number of benzene rings is 2. The van der Waals surface area contributed by atoms with Gasteiger partial charge in [0.05, 0.1) is 18.4 Å². The van der Waals surface area contributed by atoms with Crippen LogP contribution in [0.1, 0.15) is 15.9 Å². The molecule has 1 N–H and O–H groups in total. The summed E-state index contributed by atoms with van der Waals surface area (Å²) >= 11 is 0. The molecule has 0 atom stereocenters. The average Bonchev–Trinajstić information content (AvgIpc) is 2.61. The minimum absolute atomic E-state index is 0.0483. The largest absolute Gasteiger partial charge is 0.507 e. The number of para-hydroxylation sites is 2. The zero-order chi connectivity index (χ0) is 17.1. The summed E-state index contributed by atoms with van der Waals surface area (Å²) in [4.78, 5) is 16.6. The fraction of sp³-hybridized carbons (Fsp3) is 0.316. The quantitative estimate of drug-likeness (QED) is 0.942. The minimum Gasteiger partial charge on any atom is -0.507 e. The molecule has 0 aromatic heterocycles. The number of phenolic OH excluding ortho intramolecular Hbond substituents is 1. The number of phenols is 1. The second kappa shape index (κ2) is 6.83. The number of aryl methyl sites for hydroxylation is 1. The molecule has 5 nitrogen and oxygen atoms in total. The number of methoxy groups -OCH3 is 1. The molecule has 0 aliphatic carbocycles. The van der Waals surface area contributed by atoms with E-state index in [1.165, 1.54) is 0 Å². The van der Waals surface area contributed by atoms with Crippen LogP contribution in [-0.4, -0.2) is 49.2 Å². The first kappa shape index (κ1) is 16.2. The number of hydrogen-bond donors (Lipinski definition) is 1. The van der Waals surface area contributed by atoms with Crippen molar-refractivity contribution in [1.82, 2.24) is 4.90 Å². The maximum absolute atomic E-state index is 12.6. The number of ether oxygens (including phenoxy) is 1. The van der Waals surface area contributed by atoms with Crippen LogP contribution in [0.25, 0.3) is 0 Å². The Morgan fingerprint density at radius 3 is 2.46 bits per heavy atom. The molecular formula is C19H22N2O3. The summed E-state index contributed by atoms with van der Waals surface area (Å²) in [5, 5.41) is 10.0. The van der Waals surface area contributed by atoms with Crippen LogP contribution in [0, 0.1) is 6.92 Å². The predicted octanol–water partition coefficient (Wildman–Crippen LogP) is 2.67. The van der Waals surface area contributed by atoms with Gasteiger partial charge in [-0.2, -0.15) is 0 Å². The summed E-state index contributed by atoms with van der Waals surface area (Å²) in [5.74, 6) is 0.771. The van der Waals surface area contributed by atoms with Gasteiger partial charge in [0.2, 0.25) is 0 Å². The van der Waals surface area contributed by atoms with Gasteiger partial charge in [0.15, 0.2) is 0 Å². The maximum Gasteiger partial charge on any atom is 0.257 e. The summed E-state index contributed by atoms with van der Waals surface area (Å²) in [6.45, 7) is 4.59. The van der Waals surface area contributed by atoms with Gasteiger partial charge in [0.1, 0.15) is 11.5 Å². The molecule has 0 saturated carbocycles. The van der Waals surface area contributed by atoms with Crippen LogP contribution in [0.3, 0.4) is 0 Å². The zero-order valence-electron chi connectivity index (χ0n) is 14.0. The standard InChI is InChI=1S/C19H22N2O3/c1-14-7-8-15(17(22)13-14)19(23)21-11-9-20(10-12-21)16-5-3-4-6-18(16)24-2/h3-8,13,22H,9-12H2,1-2H3. The molecule has 2 aromatic rings. The molecule has 0 bridgehead atoms. The number of nitrogens with zero attached hydrogens (tertiary/aromatic N) is 2. The van der Waals surface area contributed by atoms with Gasteiger partial charge in [0.25, 0.3) is 5.91 Å². The lowest BCUT2D eigenvalue weighted by Gasteiger charge is -2.36. The summed E-state index contributed by atoms with van der Waals surface area (Å²) < 4.78 is 5.41. The van der Waals surface area contributed by atoms with Crippen LogP contribution in [0.4, 0.5) is 5.69 Å². The molecule has 3 rings (SSSR count). The summed E-state index contributed by atoms with van der Waals surface area (Å²) in [7, 11) is 1.67. The first-order valence-electron chi connectivity index (χ1n) is 8.07. The van der Waals surface area contributed by atoms with Crippen molar-refractivity contribution in [2.75, 3.05) is 38.2 Å². The van der Waals surface area contributed by atoms with E-state index in [0.29, 0.717) is 18.7 Å². The SMILES string of the molecule is COc1ccccc1N1CCN(C(=O)c2ccc(C)cc2O)CC1. The van der Waals surface area contributed by atoms with Crippen molar-refractivity contribution in [3.63, 3.8) is 0 Å². The minimum atomic E-state index is -0.118. The van der Waals surface area contributed by atoms with Crippen molar-refractivity contribution in [3.8, 4) is 11.5 Å². The molecule has 0 radical (unpaired) electrons. The lowest BCUT2D eigenvalue weighted by molar-refractivity contribution is 0.0743. The van der Waals surface area contributed by atoms with Crippen LogP contribution >= 0.6 is 0 Å². The highest BCUT2D eigenvalue weighted by atomic mass is 16.5. The number of aromatic hydroxyl groups is 1. The van der Waals surface area contributed by atoms with E-state index in [0.717, 1.165) is 30.1 Å². The number of piperazine rings is 1. The van der Waals surface area contributed by atoms with Crippen molar-refractivity contribution < 1.29 is 14.6 Å². The van der Waals surface area contributed by atoms with E-state index in [-0.39, 0.29) is 11.7 Å². The number of anilines is 1. The van der Waals surface area contributed by atoms with Gasteiger partial charge >= 0.3 is 0 Å². The Kier molecular flexibility index (Phi) is 4.60. The molecule has 0 unspecified atom stereocenters. The highest BCUT2D eigenvalue weighted by molar-refractivity contribution is 5.97. The van der Waals surface area contributed by atoms with Gasteiger partial charge in [0, 0.05) is 26.2 Å². The summed E-state index contributed by atoms with van der Waals surface area (Å²) in [6.07, 6.45) is 0. The maximum atomic E-state index is 12.6. The van der Waals surface area contributed by atoms with E-state index in [1.54, 1.807) is 24.1 Å². The number of rotatable bonds is 3. The first-order valence-corrected chi connectivity index (χ1v) is 8.07. The molecule has 2 aromatic carbocycles. The second-order valence-corrected chi connectivity index (χ2v) is 5.97. The Morgan fingerprint density at radius 2 is 1.79 bits per heavy atom. The van der Waals surface area contributed by atoms with Crippen LogP contribution < -0.4 is 9.64 Å². The molecule has 1 aliphatic heterocycles. The molecule has 24 heavy (non-hydrogen) atoms. The molecule has 1 aliphatic rings. The second-order valence-electron chi connectivity index (χ2n) is 5.97. The Balaban J connectivity index is 1.69. The van der Waals surface area contributed by atoms with Gasteiger partial charge in [-0.15, -0.1) is 0 Å². The Hall–Kier alpha value is -2.69. The third-order valence-corrected chi connectivity index (χ3v) is 4.38. The fourth-order valence-electron chi connectivity index (χ4n) is 3.03. The molecule has 5 heteroatoms. The molecule has 1 amide bonds. The van der Waals surface area contributed by atoms with E-state index in [2.05, 4.69) is 4.90 Å². The highest BCUT2D eigenvalue weighted by Gasteiger charge is 2.25. The van der Waals surface area contributed by atoms with E-state index in [1.807, 2.05) is 37.3 Å². The third-order valence-electron chi connectivity index (χ3n) is 4.38. The molecule has 1 saturated heterocycles. The van der Waals surface area contributed by atoms with Crippen LogP contribution in [-0.2, 0) is 0 Å². The molecule has 0 spiro atoms. The summed E-state index contributed by atoms with van der Waals surface area (Å²) in [6, 6.07) is 13.1. The van der Waals surface area contributed by atoms with E-state index < -0.39 is 0 Å². The van der Waals surface area contributed by atoms with Crippen molar-refractivity contribution >= 4 is 11.6 Å². The van der Waals surface area contributed by atoms with Gasteiger partial charge in [-0.05, 0) is 36.8 Å². The van der Waals surface area contributed by atoms with E-state index in [9.17, 15) is 9.90 Å². The van der Waals surface area contributed by atoms with Crippen molar-refractivity contribution in [1.29, 1.82) is 0 Å². The number of hydrogen-bond acceptors (Lipinski definition) is 4. The number of carbonyl (C=O) groups is 1. The molecular weight excluding hydrogens is 304 g/mol. The lowest BCUT2D eigenvalue weighted by atomic mass is 10.1. The number of amides is 1. The van der Waals surface area contributed by atoms with Crippen molar-refractivity contribution in [2.45, 2.75) is 6.92 Å². The molecule has 1 heterocycles. The summed E-state index contributed by atoms with van der Waals surface area (Å²) in [5.41, 5.74) is 2.35. The van der Waals surface area contributed by atoms with E-state index >= 15 is 0 Å². The zero-order valence-corrected chi connectivity index (χ0v) is 14.0. The van der Waals surface area contributed by atoms with E-state index in [4.69, 9.17) is 4.74 Å². The smallest absolute Gasteiger partial charge is 0.257 e. The first-order chi connectivity index (χ1) is 11.6. The van der Waals surface area contributed by atoms with Crippen LogP contribution in [0.5, 0.6) is 11.5 Å². The predicted molar refractivity (Wildman–Crippen MR) is 94.0 cm³/mol. The van der Waals surface area contributed by atoms with Crippen molar-refractivity contribution in [2.24, 2.45) is 0 Å². The Labute approximate surface area is 142 Å². The molecule has 126 valence electrons. The lowest BCUT2D eigenvalue weighted by Crippen LogP contribution is -2.48. The normalized spacial score (nSPS) is 14.6.